The predicted octanol–water partition coefficient (Wildman–Crippen LogP) is 3.31. The molecule has 0 saturated heterocycles. The van der Waals surface area contributed by atoms with Crippen molar-refractivity contribution < 1.29 is 15.0 Å². The van der Waals surface area contributed by atoms with Gasteiger partial charge in [0.05, 0.1) is 6.42 Å². The Morgan fingerprint density at radius 1 is 1.36 bits per heavy atom. The zero-order chi connectivity index (χ0) is 15.4. The van der Waals surface area contributed by atoms with Crippen molar-refractivity contribution >= 4 is 22.4 Å². The van der Waals surface area contributed by atoms with Gasteiger partial charge in [-0.2, -0.15) is 0 Å². The van der Waals surface area contributed by atoms with Crippen molar-refractivity contribution in [1.82, 2.24) is 11.1 Å². The van der Waals surface area contributed by atoms with E-state index in [2.05, 4.69) is 18.0 Å². The van der Waals surface area contributed by atoms with Crippen LogP contribution in [0.3, 0.4) is 0 Å². The van der Waals surface area contributed by atoms with Gasteiger partial charge in [-0.25, -0.2) is 0 Å². The van der Waals surface area contributed by atoms with Crippen LogP contribution in [0, 0.1) is 0 Å². The van der Waals surface area contributed by atoms with Gasteiger partial charge in [-0.15, -0.1) is 0 Å². The molecule has 1 heterocycles. The highest BCUT2D eigenvalue weighted by atomic mass is 16.4. The highest BCUT2D eigenvalue weighted by Crippen LogP contribution is 2.31. The van der Waals surface area contributed by atoms with Crippen LogP contribution in [-0.2, 0) is 17.6 Å². The first kappa shape index (κ1) is 17.9. The minimum Gasteiger partial charge on any atom is -0.481 e. The Bertz CT molecular complexity index is 687. The first-order valence-electron chi connectivity index (χ1n) is 7.23. The van der Waals surface area contributed by atoms with Crippen molar-refractivity contribution in [2.24, 2.45) is 0 Å². The number of benzene rings is 1. The first-order valence-corrected chi connectivity index (χ1v) is 7.23. The summed E-state index contributed by atoms with van der Waals surface area (Å²) in [5.74, 6) is -0.854. The normalized spacial score (nSPS) is 11.5. The van der Waals surface area contributed by atoms with Crippen LogP contribution in [0.5, 0.6) is 0 Å². The van der Waals surface area contributed by atoms with Gasteiger partial charge in [0.2, 0.25) is 0 Å². The number of hydrogen-bond donors (Lipinski definition) is 4. The number of allylic oxidation sites excluding steroid dienone is 1. The molecule has 5 nitrogen and oxygen atoms in total. The number of aromatic amines is 1. The Balaban J connectivity index is 0.00000242. The Morgan fingerprint density at radius 3 is 2.64 bits per heavy atom. The third kappa shape index (κ3) is 3.37. The summed E-state index contributed by atoms with van der Waals surface area (Å²) in [5, 5.41) is 19.5. The average molecular weight is 304 g/mol. The van der Waals surface area contributed by atoms with Gasteiger partial charge in [-0.3, -0.25) is 4.79 Å². The molecule has 2 aromatic rings. The third-order valence-corrected chi connectivity index (χ3v) is 3.78. The number of carboxylic acid groups (broad SMARTS) is 1. The molecule has 1 aromatic heterocycles. The maximum atomic E-state index is 11.0. The largest absolute Gasteiger partial charge is 0.481 e. The monoisotopic (exact) mass is 304 g/mol. The van der Waals surface area contributed by atoms with Gasteiger partial charge in [0.1, 0.15) is 0 Å². The predicted molar refractivity (Wildman–Crippen MR) is 89.4 cm³/mol. The summed E-state index contributed by atoms with van der Waals surface area (Å²) in [5.41, 5.74) is 4.83. The number of carboxylic acids is 1. The number of para-hydroxylation sites is 1. The zero-order valence-corrected chi connectivity index (χ0v) is 13.1. The molecule has 0 bridgehead atoms. The van der Waals surface area contributed by atoms with E-state index in [1.54, 1.807) is 0 Å². The summed E-state index contributed by atoms with van der Waals surface area (Å²) in [6, 6.07) is 6.09. The van der Waals surface area contributed by atoms with Crippen LogP contribution in [0.25, 0.3) is 16.5 Å². The van der Waals surface area contributed by atoms with Crippen molar-refractivity contribution in [3.8, 4) is 0 Å². The van der Waals surface area contributed by atoms with Crippen molar-refractivity contribution in [3.63, 3.8) is 0 Å². The molecule has 0 aliphatic carbocycles. The van der Waals surface area contributed by atoms with Gasteiger partial charge in [0.15, 0.2) is 0 Å². The molecule has 0 spiro atoms. The summed E-state index contributed by atoms with van der Waals surface area (Å²) < 4.78 is 0. The van der Waals surface area contributed by atoms with E-state index in [-0.39, 0.29) is 19.2 Å². The number of H-pyrrole nitrogens is 1. The van der Waals surface area contributed by atoms with E-state index < -0.39 is 5.97 Å². The highest BCUT2D eigenvalue weighted by Gasteiger charge is 2.17. The first-order chi connectivity index (χ1) is 10.1. The molecule has 0 unspecified atom stereocenters. The minimum atomic E-state index is -0.854. The number of fused-ring (bicyclic) bond motifs is 1. The number of aliphatic hydroxyl groups is 1. The molecular formula is C17H24N2O3. The van der Waals surface area contributed by atoms with Gasteiger partial charge in [0, 0.05) is 23.2 Å². The number of nitrogens with one attached hydrogen (secondary N) is 1. The Labute approximate surface area is 130 Å². The second-order valence-corrected chi connectivity index (χ2v) is 5.03. The Hall–Kier alpha value is -2.11. The lowest BCUT2D eigenvalue weighted by molar-refractivity contribution is -0.135. The van der Waals surface area contributed by atoms with E-state index in [0.717, 1.165) is 34.2 Å². The second kappa shape index (κ2) is 7.77. The molecule has 0 fully saturated rings. The summed E-state index contributed by atoms with van der Waals surface area (Å²) in [7, 11) is 0. The fraction of sp³-hybridized carbons (Fsp3) is 0.353. The van der Waals surface area contributed by atoms with Crippen LogP contribution >= 0.6 is 0 Å². The Morgan fingerprint density at radius 2 is 2.09 bits per heavy atom. The Kier molecular flexibility index (Phi) is 6.34. The lowest BCUT2D eigenvalue weighted by atomic mass is 10.00. The molecule has 22 heavy (non-hydrogen) atoms. The molecule has 0 atom stereocenters. The SMILES string of the molecule is CC=C(CC(=O)O)c1[nH]c2c(CC)cccc2c1CCO.N. The number of rotatable bonds is 6. The lowest BCUT2D eigenvalue weighted by Crippen LogP contribution is -2.01. The van der Waals surface area contributed by atoms with E-state index >= 15 is 0 Å². The van der Waals surface area contributed by atoms with Crippen molar-refractivity contribution in [2.75, 3.05) is 6.61 Å². The molecule has 5 heteroatoms. The van der Waals surface area contributed by atoms with Crippen molar-refractivity contribution in [1.29, 1.82) is 0 Å². The molecule has 1 aromatic carbocycles. The molecule has 6 N–H and O–H groups in total. The number of carbonyl (C=O) groups is 1. The quantitative estimate of drug-likeness (QED) is 0.656. The molecule has 0 amide bonds. The van der Waals surface area contributed by atoms with Gasteiger partial charge >= 0.3 is 5.97 Å². The minimum absolute atomic E-state index is 0. The number of hydrogen-bond acceptors (Lipinski definition) is 3. The summed E-state index contributed by atoms with van der Waals surface area (Å²) >= 11 is 0. The van der Waals surface area contributed by atoms with E-state index in [1.165, 1.54) is 5.56 Å². The maximum Gasteiger partial charge on any atom is 0.307 e. The molecule has 0 aliphatic rings. The van der Waals surface area contributed by atoms with E-state index in [0.29, 0.717) is 6.42 Å². The van der Waals surface area contributed by atoms with E-state index in [4.69, 9.17) is 5.11 Å². The fourth-order valence-corrected chi connectivity index (χ4v) is 2.77. The fourth-order valence-electron chi connectivity index (χ4n) is 2.77. The molecule has 0 radical (unpaired) electrons. The summed E-state index contributed by atoms with van der Waals surface area (Å²) in [4.78, 5) is 14.4. The van der Waals surface area contributed by atoms with Gasteiger partial charge in [-0.05, 0) is 36.5 Å². The lowest BCUT2D eigenvalue weighted by Gasteiger charge is -2.06. The van der Waals surface area contributed by atoms with Gasteiger partial charge < -0.3 is 21.3 Å². The standard InChI is InChI=1S/C17H21NO3.H3N/c1-3-11-6-5-7-13-14(8-9-19)17(18-16(11)13)12(4-2)10-15(20)21;/h4-7,18-19H,3,8-10H2,1-2H3,(H,20,21);1H3. The van der Waals surface area contributed by atoms with Crippen LogP contribution in [0.1, 0.15) is 37.1 Å². The number of aromatic nitrogens is 1. The molecule has 120 valence electrons. The maximum absolute atomic E-state index is 11.0. The highest BCUT2D eigenvalue weighted by molar-refractivity contribution is 5.94. The van der Waals surface area contributed by atoms with Gasteiger partial charge in [-0.1, -0.05) is 31.2 Å². The van der Waals surface area contributed by atoms with Crippen molar-refractivity contribution in [3.05, 3.63) is 41.1 Å². The molecular weight excluding hydrogens is 280 g/mol. The molecule has 2 rings (SSSR count). The summed E-state index contributed by atoms with van der Waals surface area (Å²) in [6.45, 7) is 3.97. The second-order valence-electron chi connectivity index (χ2n) is 5.03. The van der Waals surface area contributed by atoms with Crippen molar-refractivity contribution in [2.45, 2.75) is 33.1 Å². The van der Waals surface area contributed by atoms with Crippen LogP contribution in [0.15, 0.2) is 24.3 Å². The third-order valence-electron chi connectivity index (χ3n) is 3.78. The molecule has 0 aliphatic heterocycles. The van der Waals surface area contributed by atoms with Crippen LogP contribution in [0.4, 0.5) is 0 Å². The topological polar surface area (TPSA) is 108 Å². The number of aryl methyl sites for hydroxylation is 1. The van der Waals surface area contributed by atoms with E-state index in [1.807, 2.05) is 25.1 Å². The van der Waals surface area contributed by atoms with Crippen LogP contribution in [-0.4, -0.2) is 27.8 Å². The number of aliphatic carboxylic acids is 1. The average Bonchev–Trinajstić information content (AvgIpc) is 2.83. The van der Waals surface area contributed by atoms with Gasteiger partial charge in [0.25, 0.3) is 0 Å². The smallest absolute Gasteiger partial charge is 0.307 e. The van der Waals surface area contributed by atoms with Crippen LogP contribution in [0.2, 0.25) is 0 Å². The summed E-state index contributed by atoms with van der Waals surface area (Å²) in [6.07, 6.45) is 3.22. The molecule has 0 saturated carbocycles. The van der Waals surface area contributed by atoms with Crippen LogP contribution < -0.4 is 6.15 Å². The zero-order valence-electron chi connectivity index (χ0n) is 13.1. The van der Waals surface area contributed by atoms with E-state index in [9.17, 15) is 9.90 Å². The number of aliphatic hydroxyl groups excluding tert-OH is 1.